The standard InChI is InChI=1S/C71H54N2/c1-70(2)62-44-51(72(50-27-12-7-13-28-50)66-37-21-34-57-54-30-18-19-35-61(54)71(3,4)69(57)66)39-40-58(62)68-56-32-17-16-31-55(56)67(45-63(68)70)73(64-36-20-33-53-52-29-15-14-26-49(52)43-60(53)64)65-41-38-48(46-22-8-5-9-23-46)42-59(65)47-24-10-6-11-25-47/h5-42,44-45H,43H2,1-4H3. The molecule has 2 nitrogen and oxygen atoms in total. The first-order chi connectivity index (χ1) is 35.8. The Balaban J connectivity index is 0.992. The number of rotatable bonds is 8. The highest BCUT2D eigenvalue weighted by Gasteiger charge is 2.41. The molecule has 0 saturated carbocycles. The van der Waals surface area contributed by atoms with Gasteiger partial charge in [0.2, 0.25) is 0 Å². The quantitative estimate of drug-likeness (QED) is 0.150. The summed E-state index contributed by atoms with van der Waals surface area (Å²) in [5.41, 5.74) is 27.3. The summed E-state index contributed by atoms with van der Waals surface area (Å²) in [4.78, 5) is 5.12. The largest absolute Gasteiger partial charge is 0.310 e. The summed E-state index contributed by atoms with van der Waals surface area (Å²) < 4.78 is 0. The molecule has 0 aliphatic heterocycles. The van der Waals surface area contributed by atoms with Crippen LogP contribution in [0.25, 0.3) is 66.4 Å². The zero-order valence-corrected chi connectivity index (χ0v) is 41.7. The van der Waals surface area contributed by atoms with E-state index in [-0.39, 0.29) is 10.8 Å². The van der Waals surface area contributed by atoms with Gasteiger partial charge in [-0.25, -0.2) is 0 Å². The van der Waals surface area contributed by atoms with E-state index in [2.05, 4.69) is 280 Å². The van der Waals surface area contributed by atoms with Crippen molar-refractivity contribution in [2.75, 3.05) is 9.80 Å². The lowest BCUT2D eigenvalue weighted by molar-refractivity contribution is 0.659. The van der Waals surface area contributed by atoms with Crippen LogP contribution in [0.15, 0.2) is 243 Å². The molecule has 2 heteroatoms. The third-order valence-electron chi connectivity index (χ3n) is 16.5. The summed E-state index contributed by atoms with van der Waals surface area (Å²) in [5.74, 6) is 0. The summed E-state index contributed by atoms with van der Waals surface area (Å²) >= 11 is 0. The van der Waals surface area contributed by atoms with Crippen molar-refractivity contribution < 1.29 is 0 Å². The van der Waals surface area contributed by atoms with E-state index in [9.17, 15) is 0 Å². The Labute approximate surface area is 429 Å². The second-order valence-corrected chi connectivity index (χ2v) is 21.2. The minimum atomic E-state index is -0.351. The molecular formula is C71H54N2. The average Bonchev–Trinajstić information content (AvgIpc) is 4.05. The van der Waals surface area contributed by atoms with Gasteiger partial charge in [0, 0.05) is 39.6 Å². The highest BCUT2D eigenvalue weighted by atomic mass is 15.2. The summed E-state index contributed by atoms with van der Waals surface area (Å²) in [6, 6.07) is 90.6. The van der Waals surface area contributed by atoms with Gasteiger partial charge in [0.05, 0.1) is 22.7 Å². The van der Waals surface area contributed by atoms with Gasteiger partial charge in [-0.15, -0.1) is 0 Å². The molecule has 0 saturated heterocycles. The Kier molecular flexibility index (Phi) is 9.69. The number of benzene rings is 11. The van der Waals surface area contributed by atoms with Crippen LogP contribution < -0.4 is 9.80 Å². The van der Waals surface area contributed by atoms with Crippen LogP contribution in [0.4, 0.5) is 34.1 Å². The van der Waals surface area contributed by atoms with Crippen molar-refractivity contribution in [3.8, 4) is 55.6 Å². The van der Waals surface area contributed by atoms with Crippen molar-refractivity contribution in [3.63, 3.8) is 0 Å². The number of anilines is 6. The Hall–Kier alpha value is -8.72. The molecular weight excluding hydrogens is 881 g/mol. The van der Waals surface area contributed by atoms with Gasteiger partial charge in [-0.3, -0.25) is 0 Å². The van der Waals surface area contributed by atoms with E-state index < -0.39 is 0 Å². The van der Waals surface area contributed by atoms with Crippen LogP contribution in [0.2, 0.25) is 0 Å². The zero-order chi connectivity index (χ0) is 49.0. The van der Waals surface area contributed by atoms with Gasteiger partial charge in [-0.05, 0) is 143 Å². The molecule has 0 heterocycles. The van der Waals surface area contributed by atoms with E-state index in [1.165, 1.54) is 117 Å². The topological polar surface area (TPSA) is 6.48 Å². The maximum Gasteiger partial charge on any atom is 0.0543 e. The second kappa shape index (κ2) is 16.4. The van der Waals surface area contributed by atoms with Crippen LogP contribution in [0, 0.1) is 0 Å². The van der Waals surface area contributed by atoms with Crippen LogP contribution in [-0.4, -0.2) is 0 Å². The Bertz CT molecular complexity index is 4000. The van der Waals surface area contributed by atoms with Gasteiger partial charge in [0.25, 0.3) is 0 Å². The van der Waals surface area contributed by atoms with Crippen LogP contribution in [0.1, 0.15) is 61.1 Å². The first-order valence-corrected chi connectivity index (χ1v) is 25.8. The Morgan fingerprint density at radius 3 is 1.73 bits per heavy atom. The molecule has 0 aromatic heterocycles. The first-order valence-electron chi connectivity index (χ1n) is 25.8. The lowest BCUT2D eigenvalue weighted by atomic mass is 9.80. The molecule has 11 aromatic rings. The van der Waals surface area contributed by atoms with E-state index in [0.29, 0.717) is 0 Å². The maximum absolute atomic E-state index is 2.61. The van der Waals surface area contributed by atoms with E-state index in [1.54, 1.807) is 0 Å². The molecule has 11 aromatic carbocycles. The number of nitrogens with zero attached hydrogens (tertiary/aromatic N) is 2. The molecule has 0 atom stereocenters. The van der Waals surface area contributed by atoms with Gasteiger partial charge < -0.3 is 9.80 Å². The van der Waals surface area contributed by atoms with Gasteiger partial charge in [0.1, 0.15) is 0 Å². The maximum atomic E-state index is 2.61. The Morgan fingerprint density at radius 2 is 0.945 bits per heavy atom. The molecule has 0 unspecified atom stereocenters. The van der Waals surface area contributed by atoms with Crippen molar-refractivity contribution in [3.05, 3.63) is 276 Å². The molecule has 0 spiro atoms. The predicted octanol–water partition coefficient (Wildman–Crippen LogP) is 19.3. The predicted molar refractivity (Wildman–Crippen MR) is 308 cm³/mol. The monoisotopic (exact) mass is 934 g/mol. The molecule has 348 valence electrons. The highest BCUT2D eigenvalue weighted by molar-refractivity contribution is 6.11. The Morgan fingerprint density at radius 1 is 0.315 bits per heavy atom. The van der Waals surface area contributed by atoms with E-state index in [4.69, 9.17) is 0 Å². The third-order valence-corrected chi connectivity index (χ3v) is 16.5. The number of fused-ring (bicyclic) bond motifs is 11. The molecule has 3 aliphatic carbocycles. The summed E-state index contributed by atoms with van der Waals surface area (Å²) in [6.07, 6.45) is 0.870. The molecule has 3 aliphatic rings. The second-order valence-electron chi connectivity index (χ2n) is 21.2. The fourth-order valence-electron chi connectivity index (χ4n) is 13.0. The molecule has 73 heavy (non-hydrogen) atoms. The van der Waals surface area contributed by atoms with Crippen LogP contribution in [-0.2, 0) is 17.3 Å². The minimum Gasteiger partial charge on any atom is -0.310 e. The summed E-state index contributed by atoms with van der Waals surface area (Å²) in [5, 5.41) is 2.48. The molecule has 0 bridgehead atoms. The number of hydrogen-bond donors (Lipinski definition) is 0. The smallest absolute Gasteiger partial charge is 0.0543 e. The van der Waals surface area contributed by atoms with Crippen molar-refractivity contribution in [2.45, 2.75) is 44.9 Å². The SMILES string of the molecule is CC1(C)c2cc(N(c3ccccc3)c3cccc4c3C(C)(C)c3ccccc3-4)ccc2-c2c1cc(N(c1ccc(-c3ccccc3)cc1-c1ccccc1)c1cccc3c1Cc1ccccc1-3)c1ccccc21. The van der Waals surface area contributed by atoms with Gasteiger partial charge in [0.15, 0.2) is 0 Å². The lowest BCUT2D eigenvalue weighted by Gasteiger charge is -2.33. The van der Waals surface area contributed by atoms with Gasteiger partial charge in [-0.1, -0.05) is 216 Å². The fourth-order valence-corrected chi connectivity index (χ4v) is 13.0. The van der Waals surface area contributed by atoms with Crippen molar-refractivity contribution in [1.82, 2.24) is 0 Å². The van der Waals surface area contributed by atoms with Crippen molar-refractivity contribution in [1.29, 1.82) is 0 Å². The molecule has 0 amide bonds. The van der Waals surface area contributed by atoms with E-state index in [0.717, 1.165) is 23.5 Å². The van der Waals surface area contributed by atoms with Crippen molar-refractivity contribution >= 4 is 44.9 Å². The van der Waals surface area contributed by atoms with Gasteiger partial charge in [-0.2, -0.15) is 0 Å². The molecule has 0 radical (unpaired) electrons. The third kappa shape index (κ3) is 6.56. The van der Waals surface area contributed by atoms with Crippen LogP contribution in [0.5, 0.6) is 0 Å². The number of hydrogen-bond acceptors (Lipinski definition) is 2. The van der Waals surface area contributed by atoms with Gasteiger partial charge >= 0.3 is 0 Å². The normalized spacial score (nSPS) is 13.9. The highest BCUT2D eigenvalue weighted by Crippen LogP contribution is 2.59. The fraction of sp³-hybridized carbons (Fsp3) is 0.0986. The molecule has 14 rings (SSSR count). The van der Waals surface area contributed by atoms with Crippen LogP contribution >= 0.6 is 0 Å². The van der Waals surface area contributed by atoms with Crippen LogP contribution in [0.3, 0.4) is 0 Å². The minimum absolute atomic E-state index is 0.188. The van der Waals surface area contributed by atoms with Crippen molar-refractivity contribution in [2.24, 2.45) is 0 Å². The van der Waals surface area contributed by atoms with E-state index >= 15 is 0 Å². The zero-order valence-electron chi connectivity index (χ0n) is 41.7. The summed E-state index contributed by atoms with van der Waals surface area (Å²) in [7, 11) is 0. The summed E-state index contributed by atoms with van der Waals surface area (Å²) in [6.45, 7) is 9.67. The van der Waals surface area contributed by atoms with E-state index in [1.807, 2.05) is 0 Å². The average molecular weight is 935 g/mol. The first kappa shape index (κ1) is 43.1. The lowest BCUT2D eigenvalue weighted by Crippen LogP contribution is -2.21. The molecule has 0 fully saturated rings. The molecule has 0 N–H and O–H groups in total. The number of para-hydroxylation sites is 1.